The van der Waals surface area contributed by atoms with Crippen LogP contribution < -0.4 is 10.1 Å². The molecule has 18 heavy (non-hydrogen) atoms. The summed E-state index contributed by atoms with van der Waals surface area (Å²) in [6, 6.07) is 5.80. The van der Waals surface area contributed by atoms with Gasteiger partial charge in [0.2, 0.25) is 5.91 Å². The van der Waals surface area contributed by atoms with Crippen LogP contribution >= 0.6 is 0 Å². The number of nitrogens with one attached hydrogen (secondary N) is 1. The van der Waals surface area contributed by atoms with Gasteiger partial charge in [0, 0.05) is 18.4 Å². The SMILES string of the molecule is COc1ccc2c(c1)C(O)C1(CCNC(=O)C1)C2. The predicted molar refractivity (Wildman–Crippen MR) is 66.3 cm³/mol. The third-order valence-corrected chi connectivity index (χ3v) is 4.23. The minimum absolute atomic E-state index is 0.0417. The van der Waals surface area contributed by atoms with Crippen LogP contribution in [0.25, 0.3) is 0 Å². The van der Waals surface area contributed by atoms with Crippen molar-refractivity contribution in [1.29, 1.82) is 0 Å². The van der Waals surface area contributed by atoms with E-state index in [9.17, 15) is 9.90 Å². The van der Waals surface area contributed by atoms with Gasteiger partial charge in [-0.2, -0.15) is 0 Å². The van der Waals surface area contributed by atoms with Gasteiger partial charge in [-0.15, -0.1) is 0 Å². The van der Waals surface area contributed by atoms with Crippen LogP contribution in [0.3, 0.4) is 0 Å². The molecule has 4 heteroatoms. The highest BCUT2D eigenvalue weighted by Gasteiger charge is 2.48. The molecule has 96 valence electrons. The molecule has 1 heterocycles. The van der Waals surface area contributed by atoms with Crippen LogP contribution in [0.2, 0.25) is 0 Å². The molecule has 0 saturated carbocycles. The molecule has 1 aliphatic carbocycles. The Morgan fingerprint density at radius 3 is 3.00 bits per heavy atom. The number of carbonyl (C=O) groups excluding carboxylic acids is 1. The van der Waals surface area contributed by atoms with Gasteiger partial charge in [0.05, 0.1) is 13.2 Å². The second-order valence-electron chi connectivity index (χ2n) is 5.28. The van der Waals surface area contributed by atoms with Gasteiger partial charge < -0.3 is 15.2 Å². The van der Waals surface area contributed by atoms with E-state index in [0.717, 1.165) is 29.7 Å². The van der Waals surface area contributed by atoms with Gasteiger partial charge >= 0.3 is 0 Å². The first kappa shape index (κ1) is 11.5. The van der Waals surface area contributed by atoms with Crippen molar-refractivity contribution in [2.75, 3.05) is 13.7 Å². The highest BCUT2D eigenvalue weighted by molar-refractivity contribution is 5.78. The number of aliphatic hydroxyl groups excluding tert-OH is 1. The largest absolute Gasteiger partial charge is 0.497 e. The highest BCUT2D eigenvalue weighted by Crippen LogP contribution is 2.51. The van der Waals surface area contributed by atoms with Crippen molar-refractivity contribution in [2.24, 2.45) is 5.41 Å². The van der Waals surface area contributed by atoms with E-state index in [2.05, 4.69) is 5.32 Å². The molecule has 0 radical (unpaired) electrons. The molecule has 1 aromatic rings. The van der Waals surface area contributed by atoms with Crippen molar-refractivity contribution < 1.29 is 14.6 Å². The lowest BCUT2D eigenvalue weighted by atomic mass is 9.74. The molecule has 2 atom stereocenters. The summed E-state index contributed by atoms with van der Waals surface area (Å²) in [7, 11) is 1.62. The van der Waals surface area contributed by atoms with E-state index in [4.69, 9.17) is 4.74 Å². The Morgan fingerprint density at radius 2 is 2.28 bits per heavy atom. The summed E-state index contributed by atoms with van der Waals surface area (Å²) < 4.78 is 5.19. The summed E-state index contributed by atoms with van der Waals surface area (Å²) in [4.78, 5) is 11.6. The Morgan fingerprint density at radius 1 is 1.44 bits per heavy atom. The second kappa shape index (κ2) is 3.99. The molecule has 2 N–H and O–H groups in total. The number of amides is 1. The number of benzene rings is 1. The average Bonchev–Trinajstić information content (AvgIpc) is 2.62. The van der Waals surface area contributed by atoms with Crippen LogP contribution in [0.5, 0.6) is 5.75 Å². The fourth-order valence-electron chi connectivity index (χ4n) is 3.23. The zero-order valence-electron chi connectivity index (χ0n) is 10.4. The number of methoxy groups -OCH3 is 1. The Hall–Kier alpha value is -1.55. The number of hydrogen-bond acceptors (Lipinski definition) is 3. The summed E-state index contributed by atoms with van der Waals surface area (Å²) in [5, 5.41) is 13.4. The molecular formula is C14H17NO3. The van der Waals surface area contributed by atoms with E-state index in [0.29, 0.717) is 13.0 Å². The Labute approximate surface area is 106 Å². The molecule has 4 nitrogen and oxygen atoms in total. The first-order valence-electron chi connectivity index (χ1n) is 6.26. The number of fused-ring (bicyclic) bond motifs is 1. The summed E-state index contributed by atoms with van der Waals surface area (Å²) in [6.07, 6.45) is 1.46. The minimum Gasteiger partial charge on any atom is -0.497 e. The average molecular weight is 247 g/mol. The van der Waals surface area contributed by atoms with Gasteiger partial charge in [-0.05, 0) is 36.1 Å². The van der Waals surface area contributed by atoms with E-state index < -0.39 is 6.10 Å². The van der Waals surface area contributed by atoms with E-state index in [1.165, 1.54) is 0 Å². The van der Waals surface area contributed by atoms with E-state index in [-0.39, 0.29) is 11.3 Å². The maximum Gasteiger partial charge on any atom is 0.220 e. The lowest BCUT2D eigenvalue weighted by Gasteiger charge is -2.36. The number of rotatable bonds is 1. The zero-order chi connectivity index (χ0) is 12.8. The topological polar surface area (TPSA) is 58.6 Å². The molecule has 2 aliphatic rings. The van der Waals surface area contributed by atoms with Crippen LogP contribution in [-0.2, 0) is 11.2 Å². The van der Waals surface area contributed by atoms with Crippen molar-refractivity contribution >= 4 is 5.91 Å². The number of ether oxygens (including phenoxy) is 1. The molecule has 3 rings (SSSR count). The fourth-order valence-corrected chi connectivity index (χ4v) is 3.23. The van der Waals surface area contributed by atoms with E-state index >= 15 is 0 Å². The quantitative estimate of drug-likeness (QED) is 0.783. The number of carbonyl (C=O) groups is 1. The lowest BCUT2D eigenvalue weighted by molar-refractivity contribution is -0.129. The van der Waals surface area contributed by atoms with Crippen LogP contribution in [-0.4, -0.2) is 24.7 Å². The molecule has 1 spiro atoms. The molecule has 1 fully saturated rings. The van der Waals surface area contributed by atoms with Crippen molar-refractivity contribution in [3.8, 4) is 5.75 Å². The Balaban J connectivity index is 1.97. The standard InChI is InChI=1S/C14H17NO3/c1-18-10-3-2-9-7-14(13(17)11(9)6-10)4-5-15-12(16)8-14/h2-3,6,13,17H,4-5,7-8H2,1H3,(H,15,16). The van der Waals surface area contributed by atoms with Crippen molar-refractivity contribution in [1.82, 2.24) is 5.32 Å². The number of aliphatic hydroxyl groups is 1. The third kappa shape index (κ3) is 1.60. The molecule has 2 unspecified atom stereocenters. The Bertz CT molecular complexity index is 500. The van der Waals surface area contributed by atoms with Gasteiger partial charge in [0.25, 0.3) is 0 Å². The summed E-state index contributed by atoms with van der Waals surface area (Å²) in [5.74, 6) is 0.796. The van der Waals surface area contributed by atoms with E-state index in [1.807, 2.05) is 18.2 Å². The van der Waals surface area contributed by atoms with Gasteiger partial charge in [-0.1, -0.05) is 6.07 Å². The van der Waals surface area contributed by atoms with Crippen LogP contribution in [0.15, 0.2) is 18.2 Å². The summed E-state index contributed by atoms with van der Waals surface area (Å²) in [5.41, 5.74) is 1.75. The molecule has 1 amide bonds. The van der Waals surface area contributed by atoms with Crippen molar-refractivity contribution in [3.63, 3.8) is 0 Å². The summed E-state index contributed by atoms with van der Waals surface area (Å²) in [6.45, 7) is 0.654. The molecule has 0 bridgehead atoms. The minimum atomic E-state index is -0.561. The zero-order valence-corrected chi connectivity index (χ0v) is 10.4. The van der Waals surface area contributed by atoms with Crippen molar-refractivity contribution in [2.45, 2.75) is 25.4 Å². The lowest BCUT2D eigenvalue weighted by Crippen LogP contribution is -2.43. The van der Waals surface area contributed by atoms with Gasteiger partial charge in [-0.25, -0.2) is 0 Å². The fraction of sp³-hybridized carbons (Fsp3) is 0.500. The monoisotopic (exact) mass is 247 g/mol. The number of piperidine rings is 1. The van der Waals surface area contributed by atoms with Crippen LogP contribution in [0.1, 0.15) is 30.1 Å². The maximum atomic E-state index is 11.6. The number of hydrogen-bond donors (Lipinski definition) is 2. The third-order valence-electron chi connectivity index (χ3n) is 4.23. The first-order valence-corrected chi connectivity index (χ1v) is 6.26. The van der Waals surface area contributed by atoms with Gasteiger partial charge in [0.15, 0.2) is 0 Å². The van der Waals surface area contributed by atoms with Gasteiger partial charge in [0.1, 0.15) is 5.75 Å². The summed E-state index contributed by atoms with van der Waals surface area (Å²) >= 11 is 0. The smallest absolute Gasteiger partial charge is 0.220 e. The second-order valence-corrected chi connectivity index (χ2v) is 5.28. The van der Waals surface area contributed by atoms with Gasteiger partial charge in [-0.3, -0.25) is 4.79 Å². The normalized spacial score (nSPS) is 30.1. The molecular weight excluding hydrogens is 230 g/mol. The van der Waals surface area contributed by atoms with Crippen molar-refractivity contribution in [3.05, 3.63) is 29.3 Å². The first-order chi connectivity index (χ1) is 8.64. The molecule has 1 aromatic carbocycles. The highest BCUT2D eigenvalue weighted by atomic mass is 16.5. The predicted octanol–water partition coefficient (Wildman–Crippen LogP) is 1.18. The maximum absolute atomic E-state index is 11.6. The molecule has 1 saturated heterocycles. The molecule has 1 aliphatic heterocycles. The Kier molecular flexibility index (Phi) is 2.55. The molecule has 0 aromatic heterocycles. The van der Waals surface area contributed by atoms with E-state index in [1.54, 1.807) is 7.11 Å². The van der Waals surface area contributed by atoms with Crippen LogP contribution in [0, 0.1) is 5.41 Å². The van der Waals surface area contributed by atoms with Crippen LogP contribution in [0.4, 0.5) is 0 Å².